The van der Waals surface area contributed by atoms with Crippen molar-refractivity contribution < 1.29 is 9.53 Å². The Kier molecular flexibility index (Phi) is 5.19. The highest BCUT2D eigenvalue weighted by Gasteiger charge is 2.07. The van der Waals surface area contributed by atoms with E-state index in [-0.39, 0.29) is 5.97 Å². The lowest BCUT2D eigenvalue weighted by atomic mass is 10.1. The van der Waals surface area contributed by atoms with Gasteiger partial charge in [-0.05, 0) is 23.4 Å². The zero-order valence-corrected chi connectivity index (χ0v) is 11.2. The summed E-state index contributed by atoms with van der Waals surface area (Å²) in [6, 6.07) is 5.55. The molecular weight excluding hydrogens is 276 g/mol. The number of thioether (sulfide) groups is 1. The third-order valence-electron chi connectivity index (χ3n) is 1.94. The molecule has 0 amide bonds. The molecule has 0 saturated heterocycles. The molecule has 0 unspecified atom stereocenters. The normalized spacial score (nSPS) is 10.1. The molecule has 0 N–H and O–H groups in total. The van der Waals surface area contributed by atoms with Gasteiger partial charge in [0.25, 0.3) is 0 Å². The number of benzene rings is 1. The molecule has 1 aromatic rings. The van der Waals surface area contributed by atoms with Crippen molar-refractivity contribution in [2.45, 2.75) is 12.7 Å². The lowest BCUT2D eigenvalue weighted by molar-refractivity contribution is 0.0600. The highest BCUT2D eigenvalue weighted by molar-refractivity contribution is 9.10. The van der Waals surface area contributed by atoms with Crippen LogP contribution in [-0.4, -0.2) is 18.8 Å². The molecule has 0 bridgehead atoms. The monoisotopic (exact) mass is 288 g/mol. The summed E-state index contributed by atoms with van der Waals surface area (Å²) in [5, 5.41) is 0. The van der Waals surface area contributed by atoms with Crippen LogP contribution in [0.25, 0.3) is 0 Å². The second kappa shape index (κ2) is 6.18. The van der Waals surface area contributed by atoms with E-state index in [1.807, 2.05) is 17.8 Å². The van der Waals surface area contributed by atoms with Gasteiger partial charge in [0.1, 0.15) is 0 Å². The van der Waals surface area contributed by atoms with Crippen LogP contribution in [0.3, 0.4) is 0 Å². The maximum Gasteiger partial charge on any atom is 0.337 e. The van der Waals surface area contributed by atoms with E-state index in [1.54, 1.807) is 12.1 Å². The first-order valence-electron chi connectivity index (χ1n) is 4.63. The topological polar surface area (TPSA) is 26.3 Å². The minimum absolute atomic E-state index is 0.301. The van der Waals surface area contributed by atoms with Gasteiger partial charge in [-0.2, -0.15) is 11.8 Å². The summed E-state index contributed by atoms with van der Waals surface area (Å²) in [4.78, 5) is 11.2. The van der Waals surface area contributed by atoms with E-state index in [9.17, 15) is 4.79 Å². The number of halogens is 1. The molecule has 15 heavy (non-hydrogen) atoms. The lowest BCUT2D eigenvalue weighted by Crippen LogP contribution is -2.01. The third kappa shape index (κ3) is 3.54. The molecule has 0 saturated carbocycles. The van der Waals surface area contributed by atoms with Crippen LogP contribution in [0.1, 0.15) is 22.8 Å². The summed E-state index contributed by atoms with van der Waals surface area (Å²) < 4.78 is 5.61. The molecule has 0 atom stereocenters. The summed E-state index contributed by atoms with van der Waals surface area (Å²) in [6.45, 7) is 2.13. The van der Waals surface area contributed by atoms with E-state index in [1.165, 1.54) is 12.7 Å². The van der Waals surface area contributed by atoms with Gasteiger partial charge in [0.05, 0.1) is 12.7 Å². The number of esters is 1. The van der Waals surface area contributed by atoms with E-state index < -0.39 is 0 Å². The Morgan fingerprint density at radius 3 is 2.80 bits per heavy atom. The molecule has 1 rings (SSSR count). The second-order valence-electron chi connectivity index (χ2n) is 2.93. The zero-order chi connectivity index (χ0) is 11.3. The minimum Gasteiger partial charge on any atom is -0.465 e. The first-order valence-corrected chi connectivity index (χ1v) is 6.58. The molecular formula is C11H13BrO2S. The van der Waals surface area contributed by atoms with Crippen LogP contribution in [0.4, 0.5) is 0 Å². The van der Waals surface area contributed by atoms with Crippen LogP contribution in [0.15, 0.2) is 22.7 Å². The van der Waals surface area contributed by atoms with Crippen LogP contribution in [0.2, 0.25) is 0 Å². The van der Waals surface area contributed by atoms with Gasteiger partial charge >= 0.3 is 5.97 Å². The van der Waals surface area contributed by atoms with Gasteiger partial charge in [0.15, 0.2) is 0 Å². The van der Waals surface area contributed by atoms with Gasteiger partial charge in [-0.1, -0.05) is 28.9 Å². The number of methoxy groups -OCH3 is 1. The molecule has 2 nitrogen and oxygen atoms in total. The van der Waals surface area contributed by atoms with E-state index >= 15 is 0 Å². The molecule has 0 fully saturated rings. The molecule has 0 spiro atoms. The number of hydrogen-bond donors (Lipinski definition) is 0. The van der Waals surface area contributed by atoms with Crippen molar-refractivity contribution in [3.05, 3.63) is 33.8 Å². The van der Waals surface area contributed by atoms with Gasteiger partial charge in [-0.25, -0.2) is 4.79 Å². The van der Waals surface area contributed by atoms with Gasteiger partial charge in [-0.3, -0.25) is 0 Å². The zero-order valence-electron chi connectivity index (χ0n) is 8.75. The largest absolute Gasteiger partial charge is 0.465 e. The molecule has 0 heterocycles. The van der Waals surface area contributed by atoms with Crippen molar-refractivity contribution in [2.75, 3.05) is 12.9 Å². The molecule has 0 aromatic heterocycles. The Balaban J connectivity index is 2.83. The van der Waals surface area contributed by atoms with Crippen molar-refractivity contribution in [3.8, 4) is 0 Å². The van der Waals surface area contributed by atoms with Gasteiger partial charge in [0.2, 0.25) is 0 Å². The molecule has 0 aliphatic carbocycles. The van der Waals surface area contributed by atoms with Crippen molar-refractivity contribution in [1.29, 1.82) is 0 Å². The van der Waals surface area contributed by atoms with Crippen molar-refractivity contribution in [3.63, 3.8) is 0 Å². The molecule has 4 heteroatoms. The molecule has 1 aromatic carbocycles. The van der Waals surface area contributed by atoms with E-state index in [0.29, 0.717) is 5.56 Å². The Labute approximate surface area is 103 Å². The fraction of sp³-hybridized carbons (Fsp3) is 0.364. The van der Waals surface area contributed by atoms with E-state index in [4.69, 9.17) is 0 Å². The summed E-state index contributed by atoms with van der Waals surface area (Å²) in [6.07, 6.45) is 0. The Morgan fingerprint density at radius 2 is 2.27 bits per heavy atom. The van der Waals surface area contributed by atoms with Crippen LogP contribution in [0, 0.1) is 0 Å². The standard InChI is InChI=1S/C11H13BrO2S/c1-3-15-7-9-5-4-8(6-10(9)12)11(13)14-2/h4-6H,3,7H2,1-2H3. The van der Waals surface area contributed by atoms with Crippen LogP contribution in [0.5, 0.6) is 0 Å². The van der Waals surface area contributed by atoms with Crippen molar-refractivity contribution in [2.24, 2.45) is 0 Å². The summed E-state index contributed by atoms with van der Waals surface area (Å²) in [5.41, 5.74) is 1.78. The number of ether oxygens (including phenoxy) is 1. The SMILES string of the molecule is CCSCc1ccc(C(=O)OC)cc1Br. The Morgan fingerprint density at radius 1 is 1.53 bits per heavy atom. The van der Waals surface area contributed by atoms with Gasteiger partial charge < -0.3 is 4.74 Å². The number of hydrogen-bond acceptors (Lipinski definition) is 3. The number of carbonyl (C=O) groups excluding carboxylic acids is 1. The molecule has 82 valence electrons. The third-order valence-corrected chi connectivity index (χ3v) is 3.60. The first-order chi connectivity index (χ1) is 7.19. The Hall–Kier alpha value is -0.480. The smallest absolute Gasteiger partial charge is 0.337 e. The first kappa shape index (κ1) is 12.6. The molecule has 0 aliphatic heterocycles. The fourth-order valence-electron chi connectivity index (χ4n) is 1.12. The van der Waals surface area contributed by atoms with Crippen molar-refractivity contribution >= 4 is 33.7 Å². The average molecular weight is 289 g/mol. The minimum atomic E-state index is -0.301. The van der Waals surface area contributed by atoms with Gasteiger partial charge in [0, 0.05) is 10.2 Å². The van der Waals surface area contributed by atoms with E-state index in [0.717, 1.165) is 16.0 Å². The maximum atomic E-state index is 11.2. The highest BCUT2D eigenvalue weighted by Crippen LogP contribution is 2.23. The van der Waals surface area contributed by atoms with Crippen LogP contribution < -0.4 is 0 Å². The average Bonchev–Trinajstić information content (AvgIpc) is 2.26. The van der Waals surface area contributed by atoms with E-state index in [2.05, 4.69) is 27.6 Å². The number of carbonyl (C=O) groups is 1. The molecule has 0 radical (unpaired) electrons. The predicted octanol–water partition coefficient (Wildman–Crippen LogP) is 3.49. The summed E-state index contributed by atoms with van der Waals surface area (Å²) >= 11 is 5.30. The fourth-order valence-corrected chi connectivity index (χ4v) is 2.50. The Bertz CT molecular complexity index is 352. The highest BCUT2D eigenvalue weighted by atomic mass is 79.9. The molecule has 0 aliphatic rings. The van der Waals surface area contributed by atoms with Gasteiger partial charge in [-0.15, -0.1) is 0 Å². The lowest BCUT2D eigenvalue weighted by Gasteiger charge is -2.05. The number of rotatable bonds is 4. The second-order valence-corrected chi connectivity index (χ2v) is 5.06. The summed E-state index contributed by atoms with van der Waals surface area (Å²) in [7, 11) is 1.39. The quantitative estimate of drug-likeness (QED) is 0.794. The predicted molar refractivity (Wildman–Crippen MR) is 67.3 cm³/mol. The maximum absolute atomic E-state index is 11.2. The van der Waals surface area contributed by atoms with Crippen LogP contribution in [-0.2, 0) is 10.5 Å². The van der Waals surface area contributed by atoms with Crippen molar-refractivity contribution in [1.82, 2.24) is 0 Å². The summed E-state index contributed by atoms with van der Waals surface area (Å²) in [5.74, 6) is 1.74. The van der Waals surface area contributed by atoms with Crippen LogP contribution >= 0.6 is 27.7 Å².